The first-order chi connectivity index (χ1) is 27.5. The van der Waals surface area contributed by atoms with E-state index in [0.717, 1.165) is 83.5 Å². The molecule has 6 nitrogen and oxygen atoms in total. The second-order valence-electron chi connectivity index (χ2n) is 16.5. The number of aliphatic hydroxyl groups is 2. The van der Waals surface area contributed by atoms with Crippen LogP contribution in [-0.4, -0.2) is 46.9 Å². The molecule has 0 aliphatic rings. The number of unbranched alkanes of at least 4 members (excludes halogenated alkanes) is 25. The van der Waals surface area contributed by atoms with Crippen LogP contribution in [0.5, 0.6) is 0 Å². The molecule has 3 N–H and O–H groups in total. The number of amides is 1. The molecule has 0 bridgehead atoms. The van der Waals surface area contributed by atoms with E-state index in [-0.39, 0.29) is 24.9 Å². The maximum atomic E-state index is 13.1. The third kappa shape index (κ3) is 38.9. The zero-order chi connectivity index (χ0) is 41.0. The Morgan fingerprint density at radius 2 is 0.911 bits per heavy atom. The standard InChI is InChI=1S/C50H93NO5/c1-4-7-10-13-16-19-22-23-24-25-26-27-28-29-32-35-38-41-46(56-50(55)43-40-37-34-31-21-18-15-12-9-6-3)44-49(54)51-47(45-52)48(53)42-39-36-33-30-20-17-14-11-8-5-2/h16,19,23-24,26-27,46-48,52-53H,4-15,17-18,20-22,25,28-45H2,1-3H3,(H,51,54)/b19-16-,24-23-,27-26-. The van der Waals surface area contributed by atoms with Crippen molar-refractivity contribution in [1.82, 2.24) is 5.32 Å². The van der Waals surface area contributed by atoms with Crippen molar-refractivity contribution in [2.24, 2.45) is 0 Å². The van der Waals surface area contributed by atoms with Gasteiger partial charge in [0.05, 0.1) is 25.2 Å². The summed E-state index contributed by atoms with van der Waals surface area (Å²) in [7, 11) is 0. The zero-order valence-electron chi connectivity index (χ0n) is 37.3. The van der Waals surface area contributed by atoms with Crippen LogP contribution in [0, 0.1) is 0 Å². The zero-order valence-corrected chi connectivity index (χ0v) is 37.3. The number of ether oxygens (including phenoxy) is 1. The lowest BCUT2D eigenvalue weighted by Crippen LogP contribution is -2.46. The van der Waals surface area contributed by atoms with Crippen molar-refractivity contribution < 1.29 is 24.5 Å². The second-order valence-corrected chi connectivity index (χ2v) is 16.5. The minimum Gasteiger partial charge on any atom is -0.462 e. The van der Waals surface area contributed by atoms with Crippen LogP contribution < -0.4 is 5.32 Å². The highest BCUT2D eigenvalue weighted by atomic mass is 16.5. The average Bonchev–Trinajstić information content (AvgIpc) is 3.19. The average molecular weight is 788 g/mol. The van der Waals surface area contributed by atoms with Crippen molar-refractivity contribution in [1.29, 1.82) is 0 Å². The third-order valence-corrected chi connectivity index (χ3v) is 11.0. The van der Waals surface area contributed by atoms with Crippen molar-refractivity contribution in [3.05, 3.63) is 36.5 Å². The highest BCUT2D eigenvalue weighted by Crippen LogP contribution is 2.17. The van der Waals surface area contributed by atoms with Crippen LogP contribution in [-0.2, 0) is 14.3 Å². The smallest absolute Gasteiger partial charge is 0.306 e. The van der Waals surface area contributed by atoms with Gasteiger partial charge in [-0.2, -0.15) is 0 Å². The van der Waals surface area contributed by atoms with E-state index in [1.165, 1.54) is 116 Å². The fourth-order valence-electron chi connectivity index (χ4n) is 7.26. The van der Waals surface area contributed by atoms with Crippen LogP contribution in [0.2, 0.25) is 0 Å². The fourth-order valence-corrected chi connectivity index (χ4v) is 7.26. The molecule has 0 aliphatic heterocycles. The van der Waals surface area contributed by atoms with E-state index < -0.39 is 18.2 Å². The van der Waals surface area contributed by atoms with Crippen LogP contribution in [0.3, 0.4) is 0 Å². The molecule has 0 aromatic rings. The van der Waals surface area contributed by atoms with Gasteiger partial charge in [0, 0.05) is 6.42 Å². The van der Waals surface area contributed by atoms with Crippen molar-refractivity contribution in [2.75, 3.05) is 6.61 Å². The van der Waals surface area contributed by atoms with Crippen molar-refractivity contribution >= 4 is 11.9 Å². The SMILES string of the molecule is CCCCC/C=C\C/C=C\C/C=C\CCCCCCC(CC(=O)NC(CO)C(O)CCCCCCCCCCCC)OC(=O)CCCCCCCCCCCC. The summed E-state index contributed by atoms with van der Waals surface area (Å²) in [5, 5.41) is 23.6. The van der Waals surface area contributed by atoms with E-state index >= 15 is 0 Å². The Morgan fingerprint density at radius 3 is 1.41 bits per heavy atom. The largest absolute Gasteiger partial charge is 0.462 e. The molecule has 0 radical (unpaired) electrons. The molecule has 0 fully saturated rings. The predicted molar refractivity (Wildman–Crippen MR) is 241 cm³/mol. The molecule has 0 saturated carbocycles. The monoisotopic (exact) mass is 788 g/mol. The number of carbonyl (C=O) groups excluding carboxylic acids is 2. The molecule has 0 heterocycles. The molecule has 0 aromatic carbocycles. The quantitative estimate of drug-likeness (QED) is 0.0325. The molecule has 3 unspecified atom stereocenters. The molecule has 0 spiro atoms. The molecular formula is C50H93NO5. The number of esters is 1. The van der Waals surface area contributed by atoms with Gasteiger partial charge < -0.3 is 20.3 Å². The van der Waals surface area contributed by atoms with Crippen LogP contribution in [0.4, 0.5) is 0 Å². The van der Waals surface area contributed by atoms with Crippen molar-refractivity contribution in [3.8, 4) is 0 Å². The van der Waals surface area contributed by atoms with Crippen LogP contribution in [0.15, 0.2) is 36.5 Å². The van der Waals surface area contributed by atoms with Gasteiger partial charge >= 0.3 is 5.97 Å². The summed E-state index contributed by atoms with van der Waals surface area (Å²) in [6.07, 6.45) is 50.6. The molecule has 0 rings (SSSR count). The van der Waals surface area contributed by atoms with Crippen molar-refractivity contribution in [3.63, 3.8) is 0 Å². The van der Waals surface area contributed by atoms with Gasteiger partial charge in [0.25, 0.3) is 0 Å². The predicted octanol–water partition coefficient (Wildman–Crippen LogP) is 14.1. The van der Waals surface area contributed by atoms with E-state index in [1.54, 1.807) is 0 Å². The summed E-state index contributed by atoms with van der Waals surface area (Å²) < 4.78 is 5.90. The number of allylic oxidation sites excluding steroid dienone is 6. The molecule has 6 heteroatoms. The first kappa shape index (κ1) is 54.1. The topological polar surface area (TPSA) is 95.9 Å². The molecule has 1 amide bonds. The maximum Gasteiger partial charge on any atom is 0.306 e. The van der Waals surface area contributed by atoms with Gasteiger partial charge in [-0.25, -0.2) is 0 Å². The molecule has 0 aliphatic carbocycles. The summed E-state index contributed by atoms with van der Waals surface area (Å²) in [6, 6.07) is -0.704. The van der Waals surface area contributed by atoms with Crippen LogP contribution in [0.1, 0.15) is 245 Å². The molecule has 3 atom stereocenters. The van der Waals surface area contributed by atoms with E-state index in [9.17, 15) is 19.8 Å². The lowest BCUT2D eigenvalue weighted by Gasteiger charge is -2.24. The van der Waals surface area contributed by atoms with Gasteiger partial charge in [0.1, 0.15) is 6.10 Å². The Labute approximate surface area is 347 Å². The summed E-state index contributed by atoms with van der Waals surface area (Å²) in [5.41, 5.74) is 0. The summed E-state index contributed by atoms with van der Waals surface area (Å²) in [6.45, 7) is 6.42. The highest BCUT2D eigenvalue weighted by Gasteiger charge is 2.24. The van der Waals surface area contributed by atoms with Gasteiger partial charge in [-0.1, -0.05) is 205 Å². The number of carbonyl (C=O) groups is 2. The second kappa shape index (κ2) is 44.2. The fraction of sp³-hybridized carbons (Fsp3) is 0.840. The summed E-state index contributed by atoms with van der Waals surface area (Å²) in [4.78, 5) is 26.0. The van der Waals surface area contributed by atoms with Crippen molar-refractivity contribution in [2.45, 2.75) is 264 Å². The minimum atomic E-state index is -0.789. The summed E-state index contributed by atoms with van der Waals surface area (Å²) in [5.74, 6) is -0.491. The van der Waals surface area contributed by atoms with E-state index in [4.69, 9.17) is 4.74 Å². The highest BCUT2D eigenvalue weighted by molar-refractivity contribution is 5.77. The number of hydrogen-bond donors (Lipinski definition) is 3. The maximum absolute atomic E-state index is 13.1. The Kier molecular flexibility index (Phi) is 42.7. The van der Waals surface area contributed by atoms with Crippen LogP contribution >= 0.6 is 0 Å². The van der Waals surface area contributed by atoms with E-state index in [0.29, 0.717) is 19.3 Å². The summed E-state index contributed by atoms with van der Waals surface area (Å²) >= 11 is 0. The molecule has 0 aromatic heterocycles. The molecule has 56 heavy (non-hydrogen) atoms. The molecule has 328 valence electrons. The third-order valence-electron chi connectivity index (χ3n) is 11.0. The minimum absolute atomic E-state index is 0.0656. The number of nitrogens with one attached hydrogen (secondary N) is 1. The molecule has 0 saturated heterocycles. The lowest BCUT2D eigenvalue weighted by molar-refractivity contribution is -0.151. The van der Waals surface area contributed by atoms with Gasteiger partial charge in [0.2, 0.25) is 5.91 Å². The number of rotatable bonds is 43. The molecular weight excluding hydrogens is 695 g/mol. The first-order valence-electron chi connectivity index (χ1n) is 24.2. The Bertz CT molecular complexity index is 930. The first-order valence-corrected chi connectivity index (χ1v) is 24.2. The number of aliphatic hydroxyl groups excluding tert-OH is 2. The normalized spacial score (nSPS) is 13.6. The lowest BCUT2D eigenvalue weighted by atomic mass is 10.0. The Hall–Kier alpha value is -1.92. The van der Waals surface area contributed by atoms with Gasteiger partial charge in [-0.15, -0.1) is 0 Å². The Morgan fingerprint density at radius 1 is 0.518 bits per heavy atom. The Balaban J connectivity index is 4.62. The van der Waals surface area contributed by atoms with E-state index in [2.05, 4.69) is 62.5 Å². The van der Waals surface area contributed by atoms with Gasteiger partial charge in [0.15, 0.2) is 0 Å². The number of hydrogen-bond acceptors (Lipinski definition) is 5. The van der Waals surface area contributed by atoms with Gasteiger partial charge in [-0.3, -0.25) is 9.59 Å². The van der Waals surface area contributed by atoms with E-state index in [1.807, 2.05) is 0 Å². The van der Waals surface area contributed by atoms with Gasteiger partial charge in [-0.05, 0) is 64.2 Å². The van der Waals surface area contributed by atoms with Crippen LogP contribution in [0.25, 0.3) is 0 Å².